The molecule has 0 radical (unpaired) electrons. The summed E-state index contributed by atoms with van der Waals surface area (Å²) < 4.78 is 26.1. The number of amides is 2. The number of carbonyl (C=O) groups excluding carboxylic acids is 2. The van der Waals surface area contributed by atoms with Crippen LogP contribution in [0.25, 0.3) is 0 Å². The molecule has 0 unspecified atom stereocenters. The minimum absolute atomic E-state index is 0.0401. The van der Waals surface area contributed by atoms with Gasteiger partial charge in [-0.3, -0.25) is 9.59 Å². The molecule has 1 fully saturated rings. The summed E-state index contributed by atoms with van der Waals surface area (Å²) in [5.74, 6) is -0.870. The van der Waals surface area contributed by atoms with Gasteiger partial charge in [-0.1, -0.05) is 0 Å². The van der Waals surface area contributed by atoms with E-state index in [9.17, 15) is 18.0 Å². The molecule has 2 amide bonds. The molecule has 2 aliphatic heterocycles. The van der Waals surface area contributed by atoms with E-state index in [1.807, 2.05) is 0 Å². The molecule has 0 N–H and O–H groups in total. The first kappa shape index (κ1) is 17.4. The van der Waals surface area contributed by atoms with E-state index in [4.69, 9.17) is 5.26 Å². The Morgan fingerprint density at radius 1 is 1.28 bits per heavy atom. The Hall–Kier alpha value is -2.40. The van der Waals surface area contributed by atoms with Crippen LogP contribution in [0.1, 0.15) is 47.4 Å². The maximum Gasteiger partial charge on any atom is 0.269 e. The highest BCUT2D eigenvalue weighted by molar-refractivity contribution is 7.90. The van der Waals surface area contributed by atoms with E-state index in [1.165, 1.54) is 18.2 Å². The number of benzene rings is 1. The summed E-state index contributed by atoms with van der Waals surface area (Å²) in [6, 6.07) is 5.92. The number of fused-ring (bicyclic) bond motifs is 1. The molecule has 1 aromatic carbocycles. The molecule has 2 aliphatic rings. The topological polar surface area (TPSA) is 98.5 Å². The molecular weight excluding hydrogens is 342 g/mol. The number of hydrogen-bond acceptors (Lipinski definition) is 5. The summed E-state index contributed by atoms with van der Waals surface area (Å²) in [5, 5.41) is 8.93. The van der Waals surface area contributed by atoms with Gasteiger partial charge >= 0.3 is 0 Å². The standard InChI is InChI=1S/C17H19N3O4S/c1-11(2)20-17(22)14-4-3-13(9-15(14)25(20,23)24)16(21)19-7-5-12(10-18)6-8-19/h3-4,9,11-12H,5-8H2,1-2H3. The number of nitrogens with zero attached hydrogens (tertiary/aromatic N) is 3. The van der Waals surface area contributed by atoms with Crippen molar-refractivity contribution in [2.75, 3.05) is 13.1 Å². The molecule has 0 saturated carbocycles. The molecule has 7 nitrogen and oxygen atoms in total. The number of likely N-dealkylation sites (tertiary alicyclic amines) is 1. The van der Waals surface area contributed by atoms with Crippen LogP contribution in [0.5, 0.6) is 0 Å². The van der Waals surface area contributed by atoms with Crippen LogP contribution in [0.15, 0.2) is 23.1 Å². The van der Waals surface area contributed by atoms with Gasteiger partial charge in [0, 0.05) is 30.6 Å². The predicted octanol–water partition coefficient (Wildman–Crippen LogP) is 1.62. The van der Waals surface area contributed by atoms with E-state index in [2.05, 4.69) is 6.07 Å². The van der Waals surface area contributed by atoms with Crippen molar-refractivity contribution in [1.29, 1.82) is 5.26 Å². The summed E-state index contributed by atoms with van der Waals surface area (Å²) in [6.45, 7) is 4.20. The molecule has 8 heteroatoms. The monoisotopic (exact) mass is 361 g/mol. The zero-order valence-electron chi connectivity index (χ0n) is 14.1. The van der Waals surface area contributed by atoms with Crippen LogP contribution in [0.4, 0.5) is 0 Å². The molecule has 0 spiro atoms. The highest BCUT2D eigenvalue weighted by atomic mass is 32.2. The molecule has 3 rings (SSSR count). The molecular formula is C17H19N3O4S. The summed E-state index contributed by atoms with van der Waals surface area (Å²) >= 11 is 0. The molecule has 25 heavy (non-hydrogen) atoms. The van der Waals surface area contributed by atoms with E-state index in [0.29, 0.717) is 25.9 Å². The quantitative estimate of drug-likeness (QED) is 0.797. The van der Waals surface area contributed by atoms with Gasteiger partial charge < -0.3 is 4.90 Å². The van der Waals surface area contributed by atoms with Gasteiger partial charge in [-0.05, 0) is 44.9 Å². The number of hydrogen-bond donors (Lipinski definition) is 0. The minimum atomic E-state index is -3.92. The molecule has 1 aromatic rings. The van der Waals surface area contributed by atoms with Crippen molar-refractivity contribution in [3.63, 3.8) is 0 Å². The van der Waals surface area contributed by atoms with Crippen LogP contribution in [0.3, 0.4) is 0 Å². The van der Waals surface area contributed by atoms with Gasteiger partial charge in [0.2, 0.25) is 0 Å². The van der Waals surface area contributed by atoms with Gasteiger partial charge in [-0.2, -0.15) is 5.26 Å². The molecule has 1 saturated heterocycles. The Morgan fingerprint density at radius 3 is 2.48 bits per heavy atom. The number of piperidine rings is 1. The third-order valence-electron chi connectivity index (χ3n) is 4.63. The van der Waals surface area contributed by atoms with Crippen LogP contribution < -0.4 is 0 Å². The SMILES string of the molecule is CC(C)N1C(=O)c2ccc(C(=O)N3CCC(C#N)CC3)cc2S1(=O)=O. The third-order valence-corrected chi connectivity index (χ3v) is 6.63. The number of rotatable bonds is 2. The van der Waals surface area contributed by atoms with Gasteiger partial charge in [0.15, 0.2) is 0 Å². The Morgan fingerprint density at radius 2 is 1.92 bits per heavy atom. The zero-order chi connectivity index (χ0) is 18.4. The van der Waals surface area contributed by atoms with Gasteiger partial charge in [0.1, 0.15) is 4.90 Å². The summed E-state index contributed by atoms with van der Waals surface area (Å²) in [4.78, 5) is 26.5. The summed E-state index contributed by atoms with van der Waals surface area (Å²) in [5.41, 5.74) is 0.351. The Balaban J connectivity index is 1.91. The average molecular weight is 361 g/mol. The van der Waals surface area contributed by atoms with Gasteiger partial charge in [0.25, 0.3) is 21.8 Å². The molecule has 0 atom stereocenters. The maximum atomic E-state index is 12.7. The first-order valence-corrected chi connectivity index (χ1v) is 9.63. The first-order valence-electron chi connectivity index (χ1n) is 8.19. The van der Waals surface area contributed by atoms with Crippen molar-refractivity contribution < 1.29 is 18.0 Å². The molecule has 0 aromatic heterocycles. The largest absolute Gasteiger partial charge is 0.339 e. The Kier molecular flexibility index (Phi) is 4.29. The van der Waals surface area contributed by atoms with Crippen molar-refractivity contribution in [1.82, 2.24) is 9.21 Å². The van der Waals surface area contributed by atoms with E-state index in [-0.39, 0.29) is 27.8 Å². The lowest BCUT2D eigenvalue weighted by molar-refractivity contribution is 0.0706. The van der Waals surface area contributed by atoms with Crippen molar-refractivity contribution in [3.05, 3.63) is 29.3 Å². The Labute approximate surface area is 146 Å². The molecule has 132 valence electrons. The highest BCUT2D eigenvalue weighted by Gasteiger charge is 2.43. The van der Waals surface area contributed by atoms with Crippen LogP contribution in [-0.2, 0) is 10.0 Å². The lowest BCUT2D eigenvalue weighted by Gasteiger charge is -2.29. The van der Waals surface area contributed by atoms with Gasteiger partial charge in [-0.15, -0.1) is 0 Å². The average Bonchev–Trinajstić information content (AvgIpc) is 2.80. The predicted molar refractivity (Wildman–Crippen MR) is 89.2 cm³/mol. The summed E-state index contributed by atoms with van der Waals surface area (Å²) in [7, 11) is -3.92. The number of nitriles is 1. The van der Waals surface area contributed by atoms with Crippen LogP contribution in [0.2, 0.25) is 0 Å². The zero-order valence-corrected chi connectivity index (χ0v) is 14.9. The lowest BCUT2D eigenvalue weighted by Crippen LogP contribution is -2.38. The molecule has 2 heterocycles. The molecule has 0 bridgehead atoms. The summed E-state index contributed by atoms with van der Waals surface area (Å²) in [6.07, 6.45) is 1.23. The highest BCUT2D eigenvalue weighted by Crippen LogP contribution is 2.33. The number of sulfonamides is 1. The minimum Gasteiger partial charge on any atom is -0.339 e. The second-order valence-corrected chi connectivity index (χ2v) is 8.39. The van der Waals surface area contributed by atoms with Crippen molar-refractivity contribution in [3.8, 4) is 6.07 Å². The van der Waals surface area contributed by atoms with Crippen molar-refractivity contribution in [2.24, 2.45) is 5.92 Å². The second-order valence-electron chi connectivity index (χ2n) is 6.61. The van der Waals surface area contributed by atoms with Gasteiger partial charge in [0.05, 0.1) is 11.6 Å². The van der Waals surface area contributed by atoms with E-state index in [1.54, 1.807) is 18.7 Å². The number of carbonyl (C=O) groups is 2. The lowest BCUT2D eigenvalue weighted by atomic mass is 9.98. The fraction of sp³-hybridized carbons (Fsp3) is 0.471. The van der Waals surface area contributed by atoms with Crippen LogP contribution in [0, 0.1) is 17.2 Å². The third kappa shape index (κ3) is 2.78. The van der Waals surface area contributed by atoms with Crippen molar-refractivity contribution in [2.45, 2.75) is 37.6 Å². The maximum absolute atomic E-state index is 12.7. The van der Waals surface area contributed by atoms with E-state index >= 15 is 0 Å². The normalized spacial score (nSPS) is 19.8. The van der Waals surface area contributed by atoms with Gasteiger partial charge in [-0.25, -0.2) is 12.7 Å². The fourth-order valence-corrected chi connectivity index (χ4v) is 5.08. The smallest absolute Gasteiger partial charge is 0.269 e. The van der Waals surface area contributed by atoms with Crippen LogP contribution in [-0.4, -0.2) is 48.6 Å². The van der Waals surface area contributed by atoms with E-state index in [0.717, 1.165) is 4.31 Å². The Bertz CT molecular complexity index is 878. The molecule has 0 aliphatic carbocycles. The second kappa shape index (κ2) is 6.15. The fourth-order valence-electron chi connectivity index (χ4n) is 3.29. The van der Waals surface area contributed by atoms with Crippen LogP contribution >= 0.6 is 0 Å². The van der Waals surface area contributed by atoms with Crippen molar-refractivity contribution >= 4 is 21.8 Å². The first-order chi connectivity index (χ1) is 11.8. The van der Waals surface area contributed by atoms with E-state index < -0.39 is 22.0 Å².